The molecule has 3 aromatic carbocycles. The molecule has 0 N–H and O–H groups in total. The maximum Gasteiger partial charge on any atom is 0.311 e. The molecule has 0 bridgehead atoms. The van der Waals surface area contributed by atoms with Gasteiger partial charge in [0, 0.05) is 0 Å². The molecule has 1 unspecified atom stereocenters. The van der Waals surface area contributed by atoms with Crippen LogP contribution in [-0.4, -0.2) is 34.8 Å². The molecule has 0 spiro atoms. The molecular weight excluding hydrogens is 691 g/mol. The Morgan fingerprint density at radius 2 is 0.946 bits per heavy atom. The van der Waals surface area contributed by atoms with Crippen LogP contribution in [0.3, 0.4) is 0 Å². The molecule has 56 heavy (non-hydrogen) atoms. The number of amides is 2. The van der Waals surface area contributed by atoms with E-state index in [9.17, 15) is 14.4 Å². The predicted molar refractivity (Wildman–Crippen MR) is 234 cm³/mol. The number of hydrogen-bond donors (Lipinski definition) is 0. The van der Waals surface area contributed by atoms with Gasteiger partial charge in [-0.3, -0.25) is 19.3 Å². The lowest BCUT2D eigenvalue weighted by atomic mass is 9.83. The second-order valence-corrected chi connectivity index (χ2v) is 17.4. The van der Waals surface area contributed by atoms with Crippen molar-refractivity contribution in [3.8, 4) is 0 Å². The summed E-state index contributed by atoms with van der Waals surface area (Å²) in [7, 11) is 0. The van der Waals surface area contributed by atoms with Crippen LogP contribution < -0.4 is 0 Å². The lowest BCUT2D eigenvalue weighted by Gasteiger charge is -2.36. The van der Waals surface area contributed by atoms with Gasteiger partial charge in [-0.1, -0.05) is 186 Å². The number of benzene rings is 3. The van der Waals surface area contributed by atoms with Crippen molar-refractivity contribution in [2.45, 2.75) is 212 Å². The zero-order valence-corrected chi connectivity index (χ0v) is 35.4. The minimum absolute atomic E-state index is 0.0895. The average molecular weight is 766 g/mol. The van der Waals surface area contributed by atoms with Crippen LogP contribution in [0.5, 0.6) is 0 Å². The molecule has 5 nitrogen and oxygen atoms in total. The van der Waals surface area contributed by atoms with Crippen molar-refractivity contribution in [1.82, 2.24) is 4.90 Å². The highest BCUT2D eigenvalue weighted by Gasteiger charge is 2.46. The third-order valence-electron chi connectivity index (χ3n) is 12.9. The highest BCUT2D eigenvalue weighted by molar-refractivity contribution is 6.23. The first-order valence-corrected chi connectivity index (χ1v) is 23.6. The van der Waals surface area contributed by atoms with Crippen molar-refractivity contribution in [3.05, 3.63) is 59.7 Å². The number of rotatable bonds is 28. The summed E-state index contributed by atoms with van der Waals surface area (Å²) in [4.78, 5) is 43.6. The van der Waals surface area contributed by atoms with Crippen molar-refractivity contribution in [2.75, 3.05) is 0 Å². The number of nitrogens with zero attached hydrogens (tertiary/aromatic N) is 1. The van der Waals surface area contributed by atoms with Gasteiger partial charge in [-0.15, -0.1) is 0 Å². The van der Waals surface area contributed by atoms with Crippen molar-refractivity contribution in [3.63, 3.8) is 0 Å². The van der Waals surface area contributed by atoms with Crippen molar-refractivity contribution in [2.24, 2.45) is 5.92 Å². The molecule has 1 heterocycles. The van der Waals surface area contributed by atoms with Gasteiger partial charge in [-0.05, 0) is 84.3 Å². The van der Waals surface area contributed by atoms with E-state index in [0.717, 1.165) is 60.1 Å². The standard InChI is InChI=1S/C51H75NO4/c1-3-5-7-9-11-13-15-17-19-21-23-25-33-44(32-24-22-20-18-16-14-12-10-8-6-4-2)56-51(55)45-34-28-29-35-48(45)52-49(53)46-38-42-36-40-30-26-27-31-41(40)37-43(42)39-47(46)50(52)54/h26-27,30-31,36-39,44-45,48H,3-25,28-29,32-35H2,1-2H3/t44?,45-,48-/m0/s1. The van der Waals surface area contributed by atoms with E-state index in [0.29, 0.717) is 24.0 Å². The van der Waals surface area contributed by atoms with Gasteiger partial charge in [-0.2, -0.15) is 0 Å². The number of hydrogen-bond acceptors (Lipinski definition) is 4. The van der Waals surface area contributed by atoms with E-state index in [1.54, 1.807) is 0 Å². The topological polar surface area (TPSA) is 63.7 Å². The zero-order valence-electron chi connectivity index (χ0n) is 35.4. The number of imide groups is 1. The van der Waals surface area contributed by atoms with E-state index >= 15 is 0 Å². The summed E-state index contributed by atoms with van der Waals surface area (Å²) in [5.41, 5.74) is 0.911. The Hall–Kier alpha value is -3.21. The predicted octanol–water partition coefficient (Wildman–Crippen LogP) is 14.9. The molecular formula is C51H75NO4. The zero-order chi connectivity index (χ0) is 39.4. The Morgan fingerprint density at radius 3 is 1.38 bits per heavy atom. The van der Waals surface area contributed by atoms with Crippen LogP contribution in [0, 0.1) is 5.92 Å². The number of carbonyl (C=O) groups is 3. The number of carbonyl (C=O) groups excluding carboxylic acids is 3. The number of unbranched alkanes of at least 4 members (excludes halogenated alkanes) is 21. The third-order valence-corrected chi connectivity index (χ3v) is 12.9. The summed E-state index contributed by atoms with van der Waals surface area (Å²) in [5.74, 6) is -1.20. The van der Waals surface area contributed by atoms with Crippen LogP contribution in [0.25, 0.3) is 21.5 Å². The van der Waals surface area contributed by atoms with E-state index in [1.807, 2.05) is 24.3 Å². The normalized spacial score (nSPS) is 17.6. The Bertz CT molecular complexity index is 1570. The molecule has 3 atom stereocenters. The van der Waals surface area contributed by atoms with Gasteiger partial charge in [0.05, 0.1) is 23.1 Å². The maximum atomic E-state index is 14.1. The van der Waals surface area contributed by atoms with Crippen molar-refractivity contribution < 1.29 is 19.1 Å². The molecule has 1 saturated carbocycles. The fourth-order valence-electron chi connectivity index (χ4n) is 9.46. The summed E-state index contributed by atoms with van der Waals surface area (Å²) in [6, 6.07) is 15.7. The van der Waals surface area contributed by atoms with Crippen LogP contribution in [0.1, 0.15) is 221 Å². The van der Waals surface area contributed by atoms with E-state index in [1.165, 1.54) is 140 Å². The molecule has 2 amide bonds. The quantitative estimate of drug-likeness (QED) is 0.0320. The van der Waals surface area contributed by atoms with E-state index in [4.69, 9.17) is 4.74 Å². The van der Waals surface area contributed by atoms with Gasteiger partial charge in [-0.25, -0.2) is 0 Å². The van der Waals surface area contributed by atoms with Gasteiger partial charge in [0.25, 0.3) is 11.8 Å². The Balaban J connectivity index is 1.14. The Labute approximate surface area is 340 Å². The van der Waals surface area contributed by atoms with Crippen LogP contribution >= 0.6 is 0 Å². The molecule has 1 aliphatic carbocycles. The van der Waals surface area contributed by atoms with Gasteiger partial charge in [0.1, 0.15) is 6.10 Å². The minimum atomic E-state index is -0.468. The number of fused-ring (bicyclic) bond motifs is 3. The average Bonchev–Trinajstić information content (AvgIpc) is 3.45. The monoisotopic (exact) mass is 766 g/mol. The number of ether oxygens (including phenoxy) is 1. The van der Waals surface area contributed by atoms with Gasteiger partial charge < -0.3 is 4.74 Å². The summed E-state index contributed by atoms with van der Waals surface area (Å²) in [6.07, 6.45) is 34.9. The molecule has 0 saturated heterocycles. The maximum absolute atomic E-state index is 14.1. The molecule has 1 aliphatic heterocycles. The fraction of sp³-hybridized carbons (Fsp3) is 0.667. The summed E-state index contributed by atoms with van der Waals surface area (Å²) in [5, 5.41) is 4.12. The van der Waals surface area contributed by atoms with Crippen molar-refractivity contribution >= 4 is 39.3 Å². The van der Waals surface area contributed by atoms with Crippen LogP contribution in [0.15, 0.2) is 48.5 Å². The second-order valence-electron chi connectivity index (χ2n) is 17.4. The van der Waals surface area contributed by atoms with E-state index in [-0.39, 0.29) is 23.9 Å². The first kappa shape index (κ1) is 43.9. The smallest absolute Gasteiger partial charge is 0.311 e. The first-order valence-electron chi connectivity index (χ1n) is 23.6. The second kappa shape index (κ2) is 24.5. The Kier molecular flexibility index (Phi) is 19.2. The third kappa shape index (κ3) is 13.2. The molecule has 0 aromatic heterocycles. The molecule has 308 valence electrons. The highest BCUT2D eigenvalue weighted by atomic mass is 16.5. The summed E-state index contributed by atoms with van der Waals surface area (Å²) in [6.45, 7) is 4.55. The largest absolute Gasteiger partial charge is 0.462 e. The number of esters is 1. The van der Waals surface area contributed by atoms with E-state index in [2.05, 4.69) is 38.1 Å². The molecule has 5 rings (SSSR count). The highest BCUT2D eigenvalue weighted by Crippen LogP contribution is 2.37. The molecule has 0 radical (unpaired) electrons. The molecule has 1 fully saturated rings. The SMILES string of the molecule is CCCCCCCCCCCCCCC(CCCCCCCCCCCCC)OC(=O)[C@H]1CCCC[C@@H]1N1C(=O)c2cc3cc4ccccc4cc3cc2C1=O. The van der Waals surface area contributed by atoms with Crippen LogP contribution in [-0.2, 0) is 9.53 Å². The minimum Gasteiger partial charge on any atom is -0.462 e. The van der Waals surface area contributed by atoms with Gasteiger partial charge in [0.15, 0.2) is 0 Å². The van der Waals surface area contributed by atoms with E-state index < -0.39 is 12.0 Å². The summed E-state index contributed by atoms with van der Waals surface area (Å²) >= 11 is 0. The van der Waals surface area contributed by atoms with Crippen LogP contribution in [0.2, 0.25) is 0 Å². The molecule has 2 aliphatic rings. The first-order chi connectivity index (χ1) is 27.5. The van der Waals surface area contributed by atoms with Gasteiger partial charge in [0.2, 0.25) is 0 Å². The fourth-order valence-corrected chi connectivity index (χ4v) is 9.46. The lowest BCUT2D eigenvalue weighted by Crippen LogP contribution is -2.49. The van der Waals surface area contributed by atoms with Crippen LogP contribution in [0.4, 0.5) is 0 Å². The molecule has 3 aromatic rings. The lowest BCUT2D eigenvalue weighted by molar-refractivity contribution is -0.158. The Morgan fingerprint density at radius 1 is 0.554 bits per heavy atom. The van der Waals surface area contributed by atoms with Crippen molar-refractivity contribution in [1.29, 1.82) is 0 Å². The summed E-state index contributed by atoms with van der Waals surface area (Å²) < 4.78 is 6.44. The molecule has 5 heteroatoms. The van der Waals surface area contributed by atoms with Gasteiger partial charge >= 0.3 is 5.97 Å².